The van der Waals surface area contributed by atoms with Crippen LogP contribution < -0.4 is 5.43 Å². The topological polar surface area (TPSA) is 97.7 Å². The van der Waals surface area contributed by atoms with Gasteiger partial charge in [0.2, 0.25) is 5.91 Å². The smallest absolute Gasteiger partial charge is 0.416 e. The summed E-state index contributed by atoms with van der Waals surface area (Å²) in [4.78, 5) is 22.2. The van der Waals surface area contributed by atoms with E-state index in [-0.39, 0.29) is 17.7 Å². The van der Waals surface area contributed by atoms with Crippen LogP contribution in [0.25, 0.3) is 11.3 Å². The van der Waals surface area contributed by atoms with Crippen LogP contribution in [0.5, 0.6) is 0 Å². The monoisotopic (exact) mass is 495 g/mol. The number of rotatable bonds is 6. The first kappa shape index (κ1) is 22.2. The third-order valence-corrected chi connectivity index (χ3v) is 4.71. The zero-order valence-corrected chi connectivity index (χ0v) is 17.1. The molecule has 7 nitrogen and oxygen atoms in total. The number of nitro benzene ring substituents is 1. The van der Waals surface area contributed by atoms with Crippen molar-refractivity contribution in [3.8, 4) is 11.3 Å². The third kappa shape index (κ3) is 5.79. The highest BCUT2D eigenvalue weighted by molar-refractivity contribution is 9.10. The molecule has 1 aromatic heterocycles. The Morgan fingerprint density at radius 3 is 2.65 bits per heavy atom. The Kier molecular flexibility index (Phi) is 6.54. The van der Waals surface area contributed by atoms with E-state index in [9.17, 15) is 28.1 Å². The lowest BCUT2D eigenvalue weighted by molar-refractivity contribution is -0.384. The van der Waals surface area contributed by atoms with Crippen LogP contribution in [0, 0.1) is 10.1 Å². The first-order valence-electron chi connectivity index (χ1n) is 8.65. The van der Waals surface area contributed by atoms with Gasteiger partial charge in [-0.2, -0.15) is 18.3 Å². The van der Waals surface area contributed by atoms with Gasteiger partial charge >= 0.3 is 6.18 Å². The van der Waals surface area contributed by atoms with Crippen LogP contribution in [0.4, 0.5) is 18.9 Å². The molecule has 0 unspecified atom stereocenters. The number of halogens is 4. The summed E-state index contributed by atoms with van der Waals surface area (Å²) in [7, 11) is 0. The molecule has 0 atom stereocenters. The summed E-state index contributed by atoms with van der Waals surface area (Å²) < 4.78 is 44.2. The summed E-state index contributed by atoms with van der Waals surface area (Å²) in [5, 5.41) is 14.5. The Labute approximate surface area is 181 Å². The highest BCUT2D eigenvalue weighted by atomic mass is 79.9. The molecule has 0 radical (unpaired) electrons. The summed E-state index contributed by atoms with van der Waals surface area (Å²) in [6.07, 6.45) is -3.53. The number of amides is 1. The van der Waals surface area contributed by atoms with Crippen molar-refractivity contribution in [2.24, 2.45) is 5.10 Å². The van der Waals surface area contributed by atoms with E-state index in [1.807, 2.05) is 0 Å². The fourth-order valence-electron chi connectivity index (χ4n) is 2.63. The maximum atomic E-state index is 12.7. The molecular formula is C20H13BrF3N3O4. The second-order valence-electron chi connectivity index (χ2n) is 6.29. The summed E-state index contributed by atoms with van der Waals surface area (Å²) in [6.45, 7) is 0. The zero-order valence-electron chi connectivity index (χ0n) is 15.5. The molecule has 3 aromatic rings. The van der Waals surface area contributed by atoms with Crippen molar-refractivity contribution >= 4 is 33.7 Å². The van der Waals surface area contributed by atoms with Gasteiger partial charge in [0.1, 0.15) is 11.5 Å². The van der Waals surface area contributed by atoms with Crippen LogP contribution in [0.1, 0.15) is 16.9 Å². The highest BCUT2D eigenvalue weighted by Gasteiger charge is 2.30. The van der Waals surface area contributed by atoms with E-state index in [0.29, 0.717) is 21.6 Å². The minimum absolute atomic E-state index is 0.0764. The van der Waals surface area contributed by atoms with Crippen LogP contribution >= 0.6 is 15.9 Å². The van der Waals surface area contributed by atoms with Crippen molar-refractivity contribution in [3.05, 3.63) is 86.1 Å². The van der Waals surface area contributed by atoms with E-state index in [0.717, 1.165) is 12.1 Å². The van der Waals surface area contributed by atoms with Gasteiger partial charge < -0.3 is 4.42 Å². The van der Waals surface area contributed by atoms with Gasteiger partial charge in [0.15, 0.2) is 0 Å². The van der Waals surface area contributed by atoms with E-state index in [1.54, 1.807) is 12.1 Å². The van der Waals surface area contributed by atoms with E-state index < -0.39 is 22.6 Å². The van der Waals surface area contributed by atoms with Gasteiger partial charge in [0.25, 0.3) is 5.69 Å². The first-order valence-corrected chi connectivity index (χ1v) is 9.45. The number of non-ortho nitro benzene ring substituents is 1. The van der Waals surface area contributed by atoms with E-state index in [1.165, 1.54) is 36.5 Å². The van der Waals surface area contributed by atoms with Crippen molar-refractivity contribution in [1.29, 1.82) is 0 Å². The lowest BCUT2D eigenvalue weighted by Crippen LogP contribution is -2.20. The number of hydrogen-bond donors (Lipinski definition) is 1. The van der Waals surface area contributed by atoms with Gasteiger partial charge in [-0.15, -0.1) is 0 Å². The molecular weight excluding hydrogens is 483 g/mol. The molecule has 2 aromatic carbocycles. The molecule has 1 heterocycles. The van der Waals surface area contributed by atoms with Gasteiger partial charge in [-0.1, -0.05) is 18.2 Å². The Balaban J connectivity index is 1.62. The second-order valence-corrected chi connectivity index (χ2v) is 7.15. The Bertz CT molecular complexity index is 1160. The summed E-state index contributed by atoms with van der Waals surface area (Å²) in [6, 6.07) is 11.9. The molecule has 0 saturated carbocycles. The molecule has 160 valence electrons. The second kappa shape index (κ2) is 9.13. The van der Waals surface area contributed by atoms with Crippen molar-refractivity contribution in [3.63, 3.8) is 0 Å². The number of nitrogens with zero attached hydrogens (tertiary/aromatic N) is 2. The lowest BCUT2D eigenvalue weighted by Gasteiger charge is -2.08. The van der Waals surface area contributed by atoms with Crippen LogP contribution in [0.3, 0.4) is 0 Å². The summed E-state index contributed by atoms with van der Waals surface area (Å²) >= 11 is 3.26. The lowest BCUT2D eigenvalue weighted by atomic mass is 10.1. The van der Waals surface area contributed by atoms with E-state index in [4.69, 9.17) is 4.42 Å². The minimum Gasteiger partial charge on any atom is -0.455 e. The first-order chi connectivity index (χ1) is 14.6. The van der Waals surface area contributed by atoms with E-state index >= 15 is 0 Å². The largest absolute Gasteiger partial charge is 0.455 e. The SMILES string of the molecule is O=C(Cc1cccc(C(F)(F)F)c1)N/N=C\c1ccc(-c2ccc([N+](=O)[O-])cc2Br)o1. The minimum atomic E-state index is -4.49. The molecule has 31 heavy (non-hydrogen) atoms. The molecule has 1 amide bonds. The fourth-order valence-corrected chi connectivity index (χ4v) is 3.20. The van der Waals surface area contributed by atoms with Gasteiger partial charge in [-0.3, -0.25) is 14.9 Å². The van der Waals surface area contributed by atoms with E-state index in [2.05, 4.69) is 26.5 Å². The number of nitrogens with one attached hydrogen (secondary N) is 1. The number of carbonyl (C=O) groups excluding carboxylic acids is 1. The van der Waals surface area contributed by atoms with Gasteiger partial charge in [0, 0.05) is 22.2 Å². The van der Waals surface area contributed by atoms with Crippen LogP contribution in [0.2, 0.25) is 0 Å². The molecule has 0 saturated heterocycles. The number of furan rings is 1. The van der Waals surface area contributed by atoms with Crippen LogP contribution in [-0.2, 0) is 17.4 Å². The van der Waals surface area contributed by atoms with Crippen LogP contribution in [-0.4, -0.2) is 17.0 Å². The number of benzene rings is 2. The third-order valence-electron chi connectivity index (χ3n) is 4.06. The number of hydrazone groups is 1. The zero-order chi connectivity index (χ0) is 22.6. The average molecular weight is 496 g/mol. The van der Waals surface area contributed by atoms with Crippen molar-refractivity contribution < 1.29 is 27.3 Å². The maximum absolute atomic E-state index is 12.7. The summed E-state index contributed by atoms with van der Waals surface area (Å²) in [5.74, 6) is 0.110. The molecule has 11 heteroatoms. The molecule has 0 spiro atoms. The average Bonchev–Trinajstić information content (AvgIpc) is 3.16. The normalized spacial score (nSPS) is 11.6. The number of nitro groups is 1. The summed E-state index contributed by atoms with van der Waals surface area (Å²) in [5.41, 5.74) is 2.10. The van der Waals surface area contributed by atoms with Crippen LogP contribution in [0.15, 0.2) is 68.6 Å². The Morgan fingerprint density at radius 2 is 1.97 bits per heavy atom. The van der Waals surface area contributed by atoms with Gasteiger partial charge in [-0.25, -0.2) is 5.43 Å². The molecule has 0 aliphatic heterocycles. The molecule has 0 bridgehead atoms. The standard InChI is InChI=1S/C20H13BrF3N3O4/c21-17-10-14(27(29)30)4-6-16(17)18-7-5-15(31-18)11-25-26-19(28)9-12-2-1-3-13(8-12)20(22,23)24/h1-8,10-11H,9H2,(H,26,28)/b25-11-. The molecule has 3 rings (SSSR count). The highest BCUT2D eigenvalue weighted by Crippen LogP contribution is 2.32. The Hall–Kier alpha value is -3.47. The quantitative estimate of drug-likeness (QED) is 0.284. The number of carbonyl (C=O) groups is 1. The molecule has 0 aliphatic carbocycles. The number of hydrogen-bond acceptors (Lipinski definition) is 5. The predicted molar refractivity (Wildman–Crippen MR) is 109 cm³/mol. The van der Waals surface area contributed by atoms with Gasteiger partial charge in [0.05, 0.1) is 23.1 Å². The fraction of sp³-hybridized carbons (Fsp3) is 0.100. The molecule has 0 fully saturated rings. The van der Waals surface area contributed by atoms with Crippen molar-refractivity contribution in [2.75, 3.05) is 0 Å². The number of alkyl halides is 3. The van der Waals surface area contributed by atoms with Gasteiger partial charge in [-0.05, 0) is 45.8 Å². The molecule has 0 aliphatic rings. The van der Waals surface area contributed by atoms with Crippen molar-refractivity contribution in [2.45, 2.75) is 12.6 Å². The van der Waals surface area contributed by atoms with Crippen molar-refractivity contribution in [1.82, 2.24) is 5.43 Å². The maximum Gasteiger partial charge on any atom is 0.416 e. The Morgan fingerprint density at radius 1 is 1.19 bits per heavy atom. The predicted octanol–water partition coefficient (Wildman–Crippen LogP) is 5.33. The molecule has 1 N–H and O–H groups in total.